The fourth-order valence-electron chi connectivity index (χ4n) is 1.27. The van der Waals surface area contributed by atoms with E-state index in [-0.39, 0.29) is 0 Å². The van der Waals surface area contributed by atoms with E-state index in [9.17, 15) is 0 Å². The third-order valence-corrected chi connectivity index (χ3v) is 3.55. The molecule has 0 aliphatic carbocycles. The lowest BCUT2D eigenvalue weighted by Crippen LogP contribution is -1.87. The molecule has 0 saturated carbocycles. The summed E-state index contributed by atoms with van der Waals surface area (Å²) in [6.45, 7) is 0. The van der Waals surface area contributed by atoms with Gasteiger partial charge in [0.1, 0.15) is 0 Å². The predicted molar refractivity (Wildman–Crippen MR) is 71.4 cm³/mol. The summed E-state index contributed by atoms with van der Waals surface area (Å²) in [5.74, 6) is 0. The van der Waals surface area contributed by atoms with Crippen LogP contribution in [0.5, 0.6) is 0 Å². The van der Waals surface area contributed by atoms with E-state index in [1.165, 1.54) is 0 Å². The number of hydrogen-bond donors (Lipinski definition) is 1. The van der Waals surface area contributed by atoms with Crippen molar-refractivity contribution in [1.29, 1.82) is 0 Å². The van der Waals surface area contributed by atoms with E-state index in [1.807, 2.05) is 36.4 Å². The van der Waals surface area contributed by atoms with Crippen molar-refractivity contribution in [2.75, 3.05) is 5.73 Å². The molecule has 0 radical (unpaired) electrons. The highest BCUT2D eigenvalue weighted by Gasteiger charge is 2.02. The Morgan fingerprint density at radius 3 is 2.38 bits per heavy atom. The van der Waals surface area contributed by atoms with Crippen LogP contribution in [0.3, 0.4) is 0 Å². The fourth-order valence-corrected chi connectivity index (χ4v) is 2.60. The zero-order valence-electron chi connectivity index (χ0n) is 8.28. The Bertz CT molecular complexity index is 514. The standard InChI is InChI=1S/C12H9Cl2NS/c13-8-2-1-3-10(6-8)16-12-5-4-9(14)7-11(12)15/h1-7H,15H2. The predicted octanol–water partition coefficient (Wildman–Crippen LogP) is 4.73. The highest BCUT2D eigenvalue weighted by molar-refractivity contribution is 7.99. The molecule has 1 nitrogen and oxygen atoms in total. The topological polar surface area (TPSA) is 26.0 Å². The van der Waals surface area contributed by atoms with Crippen molar-refractivity contribution >= 4 is 40.7 Å². The second-order valence-electron chi connectivity index (χ2n) is 3.24. The Labute approximate surface area is 109 Å². The third kappa shape index (κ3) is 2.85. The molecule has 2 aromatic rings. The molecule has 0 aliphatic rings. The molecule has 82 valence electrons. The van der Waals surface area contributed by atoms with Crippen molar-refractivity contribution in [3.8, 4) is 0 Å². The molecule has 2 aromatic carbocycles. The molecule has 0 unspecified atom stereocenters. The smallest absolute Gasteiger partial charge is 0.0470 e. The molecule has 2 N–H and O–H groups in total. The highest BCUT2D eigenvalue weighted by Crippen LogP contribution is 2.34. The van der Waals surface area contributed by atoms with E-state index in [2.05, 4.69) is 0 Å². The summed E-state index contributed by atoms with van der Waals surface area (Å²) in [5.41, 5.74) is 6.55. The molecule has 0 aromatic heterocycles. The van der Waals surface area contributed by atoms with Gasteiger partial charge in [-0.05, 0) is 36.4 Å². The first-order valence-electron chi connectivity index (χ1n) is 4.63. The van der Waals surface area contributed by atoms with Crippen LogP contribution in [0.15, 0.2) is 52.3 Å². The molecular formula is C12H9Cl2NS. The SMILES string of the molecule is Nc1cc(Cl)ccc1Sc1cccc(Cl)c1. The van der Waals surface area contributed by atoms with Crippen molar-refractivity contribution < 1.29 is 0 Å². The van der Waals surface area contributed by atoms with E-state index >= 15 is 0 Å². The maximum atomic E-state index is 5.91. The molecule has 0 bridgehead atoms. The van der Waals surface area contributed by atoms with Gasteiger partial charge in [0.2, 0.25) is 0 Å². The van der Waals surface area contributed by atoms with Crippen molar-refractivity contribution in [3.63, 3.8) is 0 Å². The van der Waals surface area contributed by atoms with Crippen LogP contribution in [0.25, 0.3) is 0 Å². The zero-order valence-corrected chi connectivity index (χ0v) is 10.6. The number of halogens is 2. The fraction of sp³-hybridized carbons (Fsp3) is 0. The first-order valence-corrected chi connectivity index (χ1v) is 6.21. The van der Waals surface area contributed by atoms with Crippen LogP contribution >= 0.6 is 35.0 Å². The zero-order chi connectivity index (χ0) is 11.5. The molecule has 0 spiro atoms. The summed E-state index contributed by atoms with van der Waals surface area (Å²) in [4.78, 5) is 2.04. The minimum atomic E-state index is 0.646. The summed E-state index contributed by atoms with van der Waals surface area (Å²) >= 11 is 13.3. The molecule has 0 aliphatic heterocycles. The van der Waals surface area contributed by atoms with Crippen LogP contribution in [0.2, 0.25) is 10.0 Å². The van der Waals surface area contributed by atoms with E-state index < -0.39 is 0 Å². The second-order valence-corrected chi connectivity index (χ2v) is 5.23. The van der Waals surface area contributed by atoms with Gasteiger partial charge in [-0.3, -0.25) is 0 Å². The first-order chi connectivity index (χ1) is 7.65. The van der Waals surface area contributed by atoms with Gasteiger partial charge < -0.3 is 5.73 Å². The number of nitrogens with two attached hydrogens (primary N) is 1. The van der Waals surface area contributed by atoms with E-state index in [4.69, 9.17) is 28.9 Å². The molecule has 16 heavy (non-hydrogen) atoms. The number of anilines is 1. The van der Waals surface area contributed by atoms with Gasteiger partial charge >= 0.3 is 0 Å². The summed E-state index contributed by atoms with van der Waals surface area (Å²) in [6, 6.07) is 13.1. The Morgan fingerprint density at radius 2 is 1.69 bits per heavy atom. The average molecular weight is 270 g/mol. The average Bonchev–Trinajstić information content (AvgIpc) is 2.22. The molecular weight excluding hydrogens is 261 g/mol. The van der Waals surface area contributed by atoms with Crippen molar-refractivity contribution in [2.24, 2.45) is 0 Å². The minimum Gasteiger partial charge on any atom is -0.398 e. The molecule has 4 heteroatoms. The lowest BCUT2D eigenvalue weighted by molar-refractivity contribution is 1.41. The quantitative estimate of drug-likeness (QED) is 0.798. The number of hydrogen-bond acceptors (Lipinski definition) is 2. The van der Waals surface area contributed by atoms with Gasteiger partial charge in [-0.25, -0.2) is 0 Å². The van der Waals surface area contributed by atoms with Crippen LogP contribution in [-0.2, 0) is 0 Å². The summed E-state index contributed by atoms with van der Waals surface area (Å²) in [6.07, 6.45) is 0. The molecule has 0 atom stereocenters. The van der Waals surface area contributed by atoms with Gasteiger partial charge in [-0.15, -0.1) is 0 Å². The van der Waals surface area contributed by atoms with Gasteiger partial charge in [-0.2, -0.15) is 0 Å². The van der Waals surface area contributed by atoms with Crippen LogP contribution in [0.4, 0.5) is 5.69 Å². The summed E-state index contributed by atoms with van der Waals surface area (Å²) in [7, 11) is 0. The summed E-state index contributed by atoms with van der Waals surface area (Å²) < 4.78 is 0. The van der Waals surface area contributed by atoms with Crippen molar-refractivity contribution in [3.05, 3.63) is 52.5 Å². The lowest BCUT2D eigenvalue weighted by atomic mass is 10.3. The molecule has 0 saturated heterocycles. The van der Waals surface area contributed by atoms with Gasteiger partial charge in [0.25, 0.3) is 0 Å². The Morgan fingerprint density at radius 1 is 0.938 bits per heavy atom. The van der Waals surface area contributed by atoms with E-state index in [0.29, 0.717) is 10.7 Å². The van der Waals surface area contributed by atoms with Crippen molar-refractivity contribution in [1.82, 2.24) is 0 Å². The highest BCUT2D eigenvalue weighted by atomic mass is 35.5. The molecule has 0 heterocycles. The van der Waals surface area contributed by atoms with E-state index in [1.54, 1.807) is 17.8 Å². The summed E-state index contributed by atoms with van der Waals surface area (Å²) in [5, 5.41) is 1.37. The van der Waals surface area contributed by atoms with Gasteiger partial charge in [0.05, 0.1) is 0 Å². The molecule has 0 amide bonds. The van der Waals surface area contributed by atoms with Gasteiger partial charge in [-0.1, -0.05) is 41.0 Å². The van der Waals surface area contributed by atoms with Gasteiger partial charge in [0.15, 0.2) is 0 Å². The van der Waals surface area contributed by atoms with Gasteiger partial charge in [0, 0.05) is 25.5 Å². The van der Waals surface area contributed by atoms with Crippen LogP contribution in [0, 0.1) is 0 Å². The monoisotopic (exact) mass is 269 g/mol. The lowest BCUT2D eigenvalue weighted by Gasteiger charge is -2.05. The number of rotatable bonds is 2. The molecule has 2 rings (SSSR count). The maximum Gasteiger partial charge on any atom is 0.0470 e. The number of benzene rings is 2. The van der Waals surface area contributed by atoms with E-state index in [0.717, 1.165) is 14.8 Å². The normalized spacial score (nSPS) is 10.4. The largest absolute Gasteiger partial charge is 0.398 e. The minimum absolute atomic E-state index is 0.646. The third-order valence-electron chi connectivity index (χ3n) is 2.00. The first kappa shape index (κ1) is 11.6. The van der Waals surface area contributed by atoms with Crippen LogP contribution < -0.4 is 5.73 Å². The maximum absolute atomic E-state index is 5.91. The van der Waals surface area contributed by atoms with Crippen LogP contribution in [0.1, 0.15) is 0 Å². The second kappa shape index (κ2) is 5.00. The van der Waals surface area contributed by atoms with Crippen LogP contribution in [-0.4, -0.2) is 0 Å². The number of nitrogen functional groups attached to an aromatic ring is 1. The Balaban J connectivity index is 2.27. The molecule has 0 fully saturated rings. The Kier molecular flexibility index (Phi) is 3.64. The van der Waals surface area contributed by atoms with Crippen molar-refractivity contribution in [2.45, 2.75) is 9.79 Å². The Hall–Kier alpha value is -0.830.